The van der Waals surface area contributed by atoms with Gasteiger partial charge in [0, 0.05) is 11.3 Å². The van der Waals surface area contributed by atoms with Crippen LogP contribution >= 0.6 is 27.7 Å². The van der Waals surface area contributed by atoms with Gasteiger partial charge in [-0.2, -0.15) is 11.8 Å². The topological polar surface area (TPSA) is 37.8 Å². The molecule has 15 heavy (non-hydrogen) atoms. The Morgan fingerprint density at radius 2 is 2.40 bits per heavy atom. The molecule has 0 spiro atoms. The number of nitrogens with one attached hydrogen (secondary N) is 1. The molecule has 82 valence electrons. The molecule has 2 heterocycles. The van der Waals surface area contributed by atoms with Crippen LogP contribution in [0.15, 0.2) is 17.0 Å². The van der Waals surface area contributed by atoms with Crippen molar-refractivity contribution in [2.75, 3.05) is 17.6 Å². The lowest BCUT2D eigenvalue weighted by atomic mass is 10.1. The van der Waals surface area contributed by atoms with E-state index in [1.807, 2.05) is 11.8 Å². The van der Waals surface area contributed by atoms with Gasteiger partial charge in [-0.1, -0.05) is 0 Å². The minimum Gasteiger partial charge on any atom is -0.367 e. The van der Waals surface area contributed by atoms with E-state index in [1.54, 1.807) is 12.4 Å². The number of hydrogen-bond donors (Lipinski definition) is 1. The third-order valence-corrected chi connectivity index (χ3v) is 4.51. The van der Waals surface area contributed by atoms with E-state index in [2.05, 4.69) is 38.1 Å². The largest absolute Gasteiger partial charge is 0.367 e. The quantitative estimate of drug-likeness (QED) is 0.928. The molecule has 0 aromatic carbocycles. The fraction of sp³-hybridized carbons (Fsp3) is 0.600. The Balaban J connectivity index is 1.90. The summed E-state index contributed by atoms with van der Waals surface area (Å²) in [5.41, 5.74) is 0. The van der Waals surface area contributed by atoms with Crippen molar-refractivity contribution >= 4 is 33.5 Å². The third kappa shape index (κ3) is 3.08. The average molecular weight is 288 g/mol. The van der Waals surface area contributed by atoms with Gasteiger partial charge >= 0.3 is 0 Å². The van der Waals surface area contributed by atoms with Gasteiger partial charge in [-0.15, -0.1) is 0 Å². The molecule has 0 saturated carbocycles. The van der Waals surface area contributed by atoms with Crippen LogP contribution in [-0.4, -0.2) is 27.0 Å². The first-order chi connectivity index (χ1) is 7.18. The Morgan fingerprint density at radius 1 is 1.53 bits per heavy atom. The molecule has 3 nitrogen and oxygen atoms in total. The zero-order valence-electron chi connectivity index (χ0n) is 8.66. The van der Waals surface area contributed by atoms with E-state index in [0.29, 0.717) is 4.75 Å². The van der Waals surface area contributed by atoms with Crippen LogP contribution < -0.4 is 5.32 Å². The van der Waals surface area contributed by atoms with Gasteiger partial charge in [0.15, 0.2) is 0 Å². The lowest BCUT2D eigenvalue weighted by Gasteiger charge is -2.22. The van der Waals surface area contributed by atoms with Crippen LogP contribution in [-0.2, 0) is 0 Å². The second-order valence-electron chi connectivity index (χ2n) is 3.98. The van der Waals surface area contributed by atoms with E-state index in [9.17, 15) is 0 Å². The standard InChI is InChI=1S/C10H14BrN3S/c1-10(3-2-4-15-10)7-14-9-6-12-8(11)5-13-9/h5-6H,2-4,7H2,1H3,(H,13,14). The van der Waals surface area contributed by atoms with Crippen molar-refractivity contribution < 1.29 is 0 Å². The highest BCUT2D eigenvalue weighted by Crippen LogP contribution is 2.37. The second kappa shape index (κ2) is 4.70. The predicted octanol–water partition coefficient (Wildman–Crippen LogP) is 2.94. The van der Waals surface area contributed by atoms with Gasteiger partial charge in [0.25, 0.3) is 0 Å². The van der Waals surface area contributed by atoms with Gasteiger partial charge in [-0.3, -0.25) is 0 Å². The Labute approximate surface area is 103 Å². The van der Waals surface area contributed by atoms with Gasteiger partial charge in [0.2, 0.25) is 0 Å². The molecule has 1 saturated heterocycles. The molecule has 0 aliphatic carbocycles. The summed E-state index contributed by atoms with van der Waals surface area (Å²) in [4.78, 5) is 8.37. The number of rotatable bonds is 3. The molecule has 2 rings (SSSR count). The summed E-state index contributed by atoms with van der Waals surface area (Å²) in [6.07, 6.45) is 6.09. The van der Waals surface area contributed by atoms with Gasteiger partial charge < -0.3 is 5.32 Å². The van der Waals surface area contributed by atoms with Crippen LogP contribution in [0, 0.1) is 0 Å². The monoisotopic (exact) mass is 287 g/mol. The molecule has 1 aliphatic heterocycles. The van der Waals surface area contributed by atoms with Crippen molar-refractivity contribution in [3.8, 4) is 0 Å². The van der Waals surface area contributed by atoms with Crippen molar-refractivity contribution in [1.82, 2.24) is 9.97 Å². The van der Waals surface area contributed by atoms with Crippen LogP contribution in [0.3, 0.4) is 0 Å². The van der Waals surface area contributed by atoms with Crippen molar-refractivity contribution in [3.05, 3.63) is 17.0 Å². The lowest BCUT2D eigenvalue weighted by molar-refractivity contribution is 0.633. The second-order valence-corrected chi connectivity index (χ2v) is 6.47. The summed E-state index contributed by atoms with van der Waals surface area (Å²) in [6.45, 7) is 3.28. The van der Waals surface area contributed by atoms with Crippen molar-refractivity contribution in [1.29, 1.82) is 0 Å². The molecule has 0 radical (unpaired) electrons. The molecule has 1 fully saturated rings. The highest BCUT2D eigenvalue weighted by atomic mass is 79.9. The summed E-state index contributed by atoms with van der Waals surface area (Å²) in [5.74, 6) is 2.14. The zero-order chi connectivity index (χ0) is 10.7. The van der Waals surface area contributed by atoms with E-state index >= 15 is 0 Å². The average Bonchev–Trinajstić information content (AvgIpc) is 2.65. The molecule has 1 N–H and O–H groups in total. The summed E-state index contributed by atoms with van der Waals surface area (Å²) >= 11 is 5.32. The van der Waals surface area contributed by atoms with Gasteiger partial charge in [0.1, 0.15) is 10.4 Å². The summed E-state index contributed by atoms with van der Waals surface area (Å²) in [7, 11) is 0. The maximum atomic E-state index is 4.24. The van der Waals surface area contributed by atoms with E-state index in [4.69, 9.17) is 0 Å². The number of halogens is 1. The van der Waals surface area contributed by atoms with E-state index in [1.165, 1.54) is 18.6 Å². The number of aromatic nitrogens is 2. The summed E-state index contributed by atoms with van der Waals surface area (Å²) < 4.78 is 1.14. The number of thioether (sulfide) groups is 1. The van der Waals surface area contributed by atoms with Crippen LogP contribution in [0.4, 0.5) is 5.82 Å². The van der Waals surface area contributed by atoms with Gasteiger partial charge in [-0.05, 0) is 41.4 Å². The highest BCUT2D eigenvalue weighted by Gasteiger charge is 2.29. The minimum absolute atomic E-state index is 0.370. The first kappa shape index (κ1) is 11.2. The first-order valence-corrected chi connectivity index (χ1v) is 6.81. The molecule has 0 amide bonds. The Hall–Kier alpha value is -0.290. The predicted molar refractivity (Wildman–Crippen MR) is 68.3 cm³/mol. The molecule has 1 aliphatic rings. The normalized spacial score (nSPS) is 25.5. The summed E-state index contributed by atoms with van der Waals surface area (Å²) in [6, 6.07) is 0. The van der Waals surface area contributed by atoms with E-state index < -0.39 is 0 Å². The summed E-state index contributed by atoms with van der Waals surface area (Å²) in [5, 5.41) is 3.34. The fourth-order valence-electron chi connectivity index (χ4n) is 1.66. The van der Waals surface area contributed by atoms with Crippen molar-refractivity contribution in [3.63, 3.8) is 0 Å². The van der Waals surface area contributed by atoms with Crippen molar-refractivity contribution in [2.24, 2.45) is 0 Å². The maximum absolute atomic E-state index is 4.24. The van der Waals surface area contributed by atoms with E-state index in [0.717, 1.165) is 17.0 Å². The lowest BCUT2D eigenvalue weighted by Crippen LogP contribution is -2.27. The molecule has 0 bridgehead atoms. The van der Waals surface area contributed by atoms with Crippen molar-refractivity contribution in [2.45, 2.75) is 24.5 Å². The maximum Gasteiger partial charge on any atom is 0.144 e. The van der Waals surface area contributed by atoms with Gasteiger partial charge in [0.05, 0.1) is 12.4 Å². The minimum atomic E-state index is 0.370. The third-order valence-electron chi connectivity index (χ3n) is 2.56. The molecule has 1 unspecified atom stereocenters. The fourth-order valence-corrected chi connectivity index (χ4v) is 3.11. The molecule has 1 atom stereocenters. The van der Waals surface area contributed by atoms with E-state index in [-0.39, 0.29) is 0 Å². The molecule has 5 heteroatoms. The van der Waals surface area contributed by atoms with Crippen LogP contribution in [0.1, 0.15) is 19.8 Å². The van der Waals surface area contributed by atoms with Crippen LogP contribution in [0.2, 0.25) is 0 Å². The number of hydrogen-bond acceptors (Lipinski definition) is 4. The molecular weight excluding hydrogens is 274 g/mol. The smallest absolute Gasteiger partial charge is 0.144 e. The molecule has 1 aromatic rings. The van der Waals surface area contributed by atoms with Crippen LogP contribution in [0.25, 0.3) is 0 Å². The van der Waals surface area contributed by atoms with Crippen LogP contribution in [0.5, 0.6) is 0 Å². The SMILES string of the molecule is CC1(CNc2cnc(Br)cn2)CCCS1. The number of nitrogens with zero attached hydrogens (tertiary/aromatic N) is 2. The highest BCUT2D eigenvalue weighted by molar-refractivity contribution is 9.10. The molecule has 1 aromatic heterocycles. The Kier molecular flexibility index (Phi) is 3.51. The Morgan fingerprint density at radius 3 is 3.00 bits per heavy atom. The zero-order valence-corrected chi connectivity index (χ0v) is 11.1. The van der Waals surface area contributed by atoms with Gasteiger partial charge in [-0.25, -0.2) is 9.97 Å². The Bertz CT molecular complexity index is 322. The number of anilines is 1. The first-order valence-electron chi connectivity index (χ1n) is 5.03. The molecular formula is C10H14BrN3S.